The number of nitrogens with zero attached hydrogens (tertiary/aromatic N) is 4. The topological polar surface area (TPSA) is 55.1 Å². The summed E-state index contributed by atoms with van der Waals surface area (Å²) in [6.45, 7) is 3.94. The Morgan fingerprint density at radius 3 is 3.00 bits per heavy atom. The molecule has 21 heavy (non-hydrogen) atoms. The second-order valence-electron chi connectivity index (χ2n) is 5.78. The Balaban J connectivity index is 1.60. The van der Waals surface area contributed by atoms with Crippen molar-refractivity contribution < 1.29 is 4.63 Å². The number of aryl methyl sites for hydroxylation is 2. The molecule has 1 fully saturated rings. The van der Waals surface area contributed by atoms with Gasteiger partial charge in [-0.3, -0.25) is 9.88 Å². The van der Waals surface area contributed by atoms with Crippen molar-refractivity contribution >= 4 is 0 Å². The third-order valence-electron chi connectivity index (χ3n) is 4.31. The van der Waals surface area contributed by atoms with E-state index in [1.165, 1.54) is 25.0 Å². The highest BCUT2D eigenvalue weighted by molar-refractivity contribution is 5.06. The number of hydrogen-bond acceptors (Lipinski definition) is 5. The van der Waals surface area contributed by atoms with Crippen molar-refractivity contribution in [2.45, 2.75) is 51.6 Å². The first-order chi connectivity index (χ1) is 10.3. The van der Waals surface area contributed by atoms with Gasteiger partial charge in [0.25, 0.3) is 0 Å². The molecule has 0 amide bonds. The summed E-state index contributed by atoms with van der Waals surface area (Å²) >= 11 is 0. The molecule has 2 aromatic heterocycles. The standard InChI is InChI=1S/C16H22N4O/c1-13-16(19-21-18-13)12-20-11-5-3-7-15(20)9-8-14-6-2-4-10-17-14/h2,4,6,10,15H,3,5,7-9,11-12H2,1H3. The lowest BCUT2D eigenvalue weighted by Gasteiger charge is -2.35. The average molecular weight is 286 g/mol. The van der Waals surface area contributed by atoms with Crippen molar-refractivity contribution in [3.63, 3.8) is 0 Å². The van der Waals surface area contributed by atoms with E-state index in [1.54, 1.807) is 0 Å². The highest BCUT2D eigenvalue weighted by Crippen LogP contribution is 2.23. The van der Waals surface area contributed by atoms with Gasteiger partial charge in [-0.25, -0.2) is 4.63 Å². The van der Waals surface area contributed by atoms with E-state index in [0.29, 0.717) is 6.04 Å². The second-order valence-corrected chi connectivity index (χ2v) is 5.78. The van der Waals surface area contributed by atoms with Crippen LogP contribution >= 0.6 is 0 Å². The van der Waals surface area contributed by atoms with Gasteiger partial charge in [0.2, 0.25) is 0 Å². The van der Waals surface area contributed by atoms with Crippen LogP contribution in [0.3, 0.4) is 0 Å². The van der Waals surface area contributed by atoms with Crippen LogP contribution in [-0.4, -0.2) is 32.8 Å². The van der Waals surface area contributed by atoms with Gasteiger partial charge in [-0.2, -0.15) is 0 Å². The highest BCUT2D eigenvalue weighted by Gasteiger charge is 2.24. The molecule has 0 N–H and O–H groups in total. The third kappa shape index (κ3) is 3.67. The molecule has 1 atom stereocenters. The quantitative estimate of drug-likeness (QED) is 0.846. The molecule has 0 aromatic carbocycles. The summed E-state index contributed by atoms with van der Waals surface area (Å²) in [5.41, 5.74) is 3.06. The van der Waals surface area contributed by atoms with Crippen molar-refractivity contribution in [2.24, 2.45) is 0 Å². The molecule has 5 heteroatoms. The van der Waals surface area contributed by atoms with Crippen LogP contribution in [0.25, 0.3) is 0 Å². The zero-order chi connectivity index (χ0) is 14.5. The van der Waals surface area contributed by atoms with E-state index in [9.17, 15) is 0 Å². The summed E-state index contributed by atoms with van der Waals surface area (Å²) in [4.78, 5) is 6.95. The van der Waals surface area contributed by atoms with E-state index in [-0.39, 0.29) is 0 Å². The third-order valence-corrected chi connectivity index (χ3v) is 4.31. The van der Waals surface area contributed by atoms with Crippen molar-refractivity contribution in [3.8, 4) is 0 Å². The van der Waals surface area contributed by atoms with Gasteiger partial charge in [0.05, 0.1) is 0 Å². The van der Waals surface area contributed by atoms with Crippen molar-refractivity contribution in [1.29, 1.82) is 0 Å². The van der Waals surface area contributed by atoms with Gasteiger partial charge in [0.1, 0.15) is 11.4 Å². The van der Waals surface area contributed by atoms with Gasteiger partial charge >= 0.3 is 0 Å². The molecule has 3 heterocycles. The van der Waals surface area contributed by atoms with E-state index < -0.39 is 0 Å². The fraction of sp³-hybridized carbons (Fsp3) is 0.562. The summed E-state index contributed by atoms with van der Waals surface area (Å²) in [5, 5.41) is 7.90. The van der Waals surface area contributed by atoms with Crippen molar-refractivity contribution in [1.82, 2.24) is 20.2 Å². The van der Waals surface area contributed by atoms with Gasteiger partial charge in [0, 0.05) is 24.5 Å². The second kappa shape index (κ2) is 6.80. The molecule has 1 aliphatic heterocycles. The zero-order valence-electron chi connectivity index (χ0n) is 12.5. The Morgan fingerprint density at radius 2 is 2.24 bits per heavy atom. The SMILES string of the molecule is Cc1nonc1CN1CCCCC1CCc1ccccn1. The maximum atomic E-state index is 4.81. The molecule has 1 unspecified atom stereocenters. The molecule has 1 saturated heterocycles. The van der Waals surface area contributed by atoms with Crippen LogP contribution in [0, 0.1) is 6.92 Å². The molecule has 0 bridgehead atoms. The molecule has 3 rings (SSSR count). The van der Waals surface area contributed by atoms with E-state index in [2.05, 4.69) is 32.3 Å². The van der Waals surface area contributed by atoms with Gasteiger partial charge < -0.3 is 0 Å². The summed E-state index contributed by atoms with van der Waals surface area (Å²) < 4.78 is 4.81. The normalized spacial score (nSPS) is 19.8. The first-order valence-corrected chi connectivity index (χ1v) is 7.75. The molecule has 2 aromatic rings. The largest absolute Gasteiger partial charge is 0.294 e. The van der Waals surface area contributed by atoms with Crippen LogP contribution in [0.5, 0.6) is 0 Å². The minimum atomic E-state index is 0.608. The molecule has 0 aliphatic carbocycles. The number of piperidine rings is 1. The minimum absolute atomic E-state index is 0.608. The molecular formula is C16H22N4O. The van der Waals surface area contributed by atoms with Crippen LogP contribution < -0.4 is 0 Å². The lowest BCUT2D eigenvalue weighted by atomic mass is 9.96. The Hall–Kier alpha value is -1.75. The van der Waals surface area contributed by atoms with E-state index in [1.807, 2.05) is 19.2 Å². The van der Waals surface area contributed by atoms with Gasteiger partial charge in [-0.15, -0.1) is 0 Å². The van der Waals surface area contributed by atoms with E-state index in [0.717, 1.165) is 37.3 Å². The highest BCUT2D eigenvalue weighted by atomic mass is 16.6. The summed E-state index contributed by atoms with van der Waals surface area (Å²) in [5.74, 6) is 0. The lowest BCUT2D eigenvalue weighted by Crippen LogP contribution is -2.39. The van der Waals surface area contributed by atoms with Gasteiger partial charge in [0.15, 0.2) is 0 Å². The predicted molar refractivity (Wildman–Crippen MR) is 79.6 cm³/mol. The first-order valence-electron chi connectivity index (χ1n) is 7.75. The zero-order valence-corrected chi connectivity index (χ0v) is 12.5. The first kappa shape index (κ1) is 14.2. The number of aromatic nitrogens is 3. The Morgan fingerprint density at radius 1 is 1.29 bits per heavy atom. The minimum Gasteiger partial charge on any atom is -0.294 e. The molecule has 0 spiro atoms. The van der Waals surface area contributed by atoms with Gasteiger partial charge in [-0.1, -0.05) is 22.8 Å². The average Bonchev–Trinajstić information content (AvgIpc) is 2.93. The Kier molecular flexibility index (Phi) is 4.60. The number of likely N-dealkylation sites (tertiary alicyclic amines) is 1. The monoisotopic (exact) mass is 286 g/mol. The van der Waals surface area contributed by atoms with Crippen molar-refractivity contribution in [2.75, 3.05) is 6.54 Å². The van der Waals surface area contributed by atoms with Crippen LogP contribution in [0.15, 0.2) is 29.0 Å². The smallest absolute Gasteiger partial charge is 0.122 e. The number of pyridine rings is 1. The van der Waals surface area contributed by atoms with Crippen LogP contribution in [0.2, 0.25) is 0 Å². The number of rotatable bonds is 5. The molecule has 112 valence electrons. The van der Waals surface area contributed by atoms with Crippen molar-refractivity contribution in [3.05, 3.63) is 41.5 Å². The molecule has 0 radical (unpaired) electrons. The Labute approximate surface area is 125 Å². The van der Waals surface area contributed by atoms with Crippen LogP contribution in [0.1, 0.15) is 42.8 Å². The summed E-state index contributed by atoms with van der Waals surface area (Å²) in [6.07, 6.45) is 7.92. The number of hydrogen-bond donors (Lipinski definition) is 0. The maximum Gasteiger partial charge on any atom is 0.122 e. The van der Waals surface area contributed by atoms with Crippen LogP contribution in [-0.2, 0) is 13.0 Å². The molecular weight excluding hydrogens is 264 g/mol. The fourth-order valence-corrected chi connectivity index (χ4v) is 3.04. The van der Waals surface area contributed by atoms with E-state index >= 15 is 0 Å². The summed E-state index contributed by atoms with van der Waals surface area (Å²) in [7, 11) is 0. The van der Waals surface area contributed by atoms with Gasteiger partial charge in [-0.05, 0) is 51.3 Å². The molecule has 1 aliphatic rings. The lowest BCUT2D eigenvalue weighted by molar-refractivity contribution is 0.128. The summed E-state index contributed by atoms with van der Waals surface area (Å²) in [6, 6.07) is 6.75. The maximum absolute atomic E-state index is 4.81. The Bertz CT molecular complexity index is 554. The molecule has 5 nitrogen and oxygen atoms in total. The van der Waals surface area contributed by atoms with Crippen LogP contribution in [0.4, 0.5) is 0 Å². The predicted octanol–water partition coefficient (Wildman–Crippen LogP) is 2.76. The molecule has 0 saturated carbocycles. The van der Waals surface area contributed by atoms with E-state index in [4.69, 9.17) is 4.63 Å². The fourth-order valence-electron chi connectivity index (χ4n) is 3.04.